The highest BCUT2D eigenvalue weighted by Gasteiger charge is 2.44. The number of allylic oxidation sites excluding steroid dienone is 3. The Morgan fingerprint density at radius 1 is 0.523 bits per heavy atom. The number of hydrogen-bond acceptors (Lipinski definition) is 9. The smallest absolute Gasteiger partial charge is 0.249 e. The number of rotatable bonds is 47. The quantitative estimate of drug-likeness (QED) is 0.0232. The Kier molecular flexibility index (Phi) is 42.8. The Bertz CT molecular complexity index is 1090. The predicted octanol–water partition coefficient (Wildman–Crippen LogP) is 12.0. The summed E-state index contributed by atoms with van der Waals surface area (Å²) in [6, 6.07) is -0.993. The van der Waals surface area contributed by atoms with Crippen molar-refractivity contribution in [2.45, 2.75) is 307 Å². The minimum Gasteiger partial charge on any atom is -0.394 e. The van der Waals surface area contributed by atoms with Crippen molar-refractivity contribution in [3.63, 3.8) is 0 Å². The van der Waals surface area contributed by atoms with Gasteiger partial charge in [-0.15, -0.1) is 0 Å². The van der Waals surface area contributed by atoms with Crippen LogP contribution in [0.25, 0.3) is 0 Å². The van der Waals surface area contributed by atoms with Crippen molar-refractivity contribution < 1.29 is 44.9 Å². The lowest BCUT2D eigenvalue weighted by atomic mass is 9.99. The van der Waals surface area contributed by atoms with Gasteiger partial charge in [0.2, 0.25) is 5.91 Å². The van der Waals surface area contributed by atoms with E-state index in [-0.39, 0.29) is 6.61 Å². The minimum absolute atomic E-state index is 0.308. The van der Waals surface area contributed by atoms with Crippen molar-refractivity contribution in [1.82, 2.24) is 5.32 Å². The summed E-state index contributed by atoms with van der Waals surface area (Å²) in [4.78, 5) is 13.1. The third-order valence-electron chi connectivity index (χ3n) is 13.4. The molecule has 0 spiro atoms. The Hall–Kier alpha value is -1.37. The number of hydrogen-bond donors (Lipinski definition) is 7. The van der Waals surface area contributed by atoms with Crippen molar-refractivity contribution in [3.8, 4) is 0 Å². The molecule has 0 aromatic rings. The van der Waals surface area contributed by atoms with Crippen LogP contribution in [0.4, 0.5) is 0 Å². The zero-order chi connectivity index (χ0) is 47.4. The zero-order valence-electron chi connectivity index (χ0n) is 42.1. The molecule has 0 saturated carbocycles. The fourth-order valence-electron chi connectivity index (χ4n) is 8.89. The lowest BCUT2D eigenvalue weighted by Gasteiger charge is -2.40. The van der Waals surface area contributed by atoms with Crippen molar-refractivity contribution in [2.75, 3.05) is 13.2 Å². The van der Waals surface area contributed by atoms with E-state index in [0.717, 1.165) is 38.5 Å². The van der Waals surface area contributed by atoms with Crippen molar-refractivity contribution in [3.05, 3.63) is 24.3 Å². The molecule has 0 bridgehead atoms. The van der Waals surface area contributed by atoms with Gasteiger partial charge >= 0.3 is 0 Å². The SMILES string of the molecule is CCCCCCCCCC/C=C/CC/C=C/C(O)C(COC1OC(CO)C(O)C(O)C1O)NC(=O)C(O)CCCCCCCCCCCCCCCCCCCCCCCCCCCC. The number of ether oxygens (including phenoxy) is 2. The molecule has 1 aliphatic heterocycles. The van der Waals surface area contributed by atoms with Crippen LogP contribution in [-0.2, 0) is 14.3 Å². The zero-order valence-corrected chi connectivity index (χ0v) is 42.1. The largest absolute Gasteiger partial charge is 0.394 e. The van der Waals surface area contributed by atoms with E-state index in [2.05, 4.69) is 31.3 Å². The maximum Gasteiger partial charge on any atom is 0.249 e. The molecule has 8 unspecified atom stereocenters. The van der Waals surface area contributed by atoms with Gasteiger partial charge in [-0.25, -0.2) is 0 Å². The van der Waals surface area contributed by atoms with E-state index >= 15 is 0 Å². The van der Waals surface area contributed by atoms with E-state index in [4.69, 9.17) is 9.47 Å². The van der Waals surface area contributed by atoms with Crippen LogP contribution in [0.1, 0.15) is 258 Å². The van der Waals surface area contributed by atoms with Crippen LogP contribution >= 0.6 is 0 Å². The third kappa shape index (κ3) is 34.6. The molecule has 1 saturated heterocycles. The van der Waals surface area contributed by atoms with Crippen molar-refractivity contribution in [1.29, 1.82) is 0 Å². The monoisotopic (exact) mass is 924 g/mol. The van der Waals surface area contributed by atoms with Gasteiger partial charge < -0.3 is 45.4 Å². The first-order valence-electron chi connectivity index (χ1n) is 27.7. The molecule has 1 heterocycles. The molecule has 1 fully saturated rings. The van der Waals surface area contributed by atoms with Crippen LogP contribution in [0.5, 0.6) is 0 Å². The van der Waals surface area contributed by atoms with Crippen LogP contribution in [0.2, 0.25) is 0 Å². The summed E-state index contributed by atoms with van der Waals surface area (Å²) in [7, 11) is 0. The summed E-state index contributed by atoms with van der Waals surface area (Å²) >= 11 is 0. The minimum atomic E-state index is -1.61. The summed E-state index contributed by atoms with van der Waals surface area (Å²) in [5, 5.41) is 64.9. The standard InChI is InChI=1S/C55H105NO9/c1-3-5-7-9-11-13-15-17-19-20-21-22-23-24-25-26-27-28-29-30-32-34-36-38-40-42-44-49(59)54(63)56-47(46-64-55-53(62)52(61)51(60)50(45-57)65-55)48(58)43-41-39-37-35-33-31-18-16-14-12-10-8-6-4-2/h33,35,41,43,47-53,55,57-62H,3-32,34,36-40,42,44-46H2,1-2H3,(H,56,63)/b35-33+,43-41+. The Morgan fingerprint density at radius 3 is 1.34 bits per heavy atom. The normalized spacial score (nSPS) is 20.5. The Balaban J connectivity index is 2.24. The fraction of sp³-hybridized carbons (Fsp3) is 0.909. The molecule has 7 N–H and O–H groups in total. The average Bonchev–Trinajstić information content (AvgIpc) is 3.31. The topological polar surface area (TPSA) is 169 Å². The highest BCUT2D eigenvalue weighted by atomic mass is 16.7. The van der Waals surface area contributed by atoms with Crippen LogP contribution in [-0.4, -0.2) is 98.7 Å². The molecule has 8 atom stereocenters. The summed E-state index contributed by atoms with van der Waals surface area (Å²) in [5.41, 5.74) is 0. The summed E-state index contributed by atoms with van der Waals surface area (Å²) in [6.45, 7) is 3.61. The maximum atomic E-state index is 13.1. The van der Waals surface area contributed by atoms with Crippen LogP contribution in [0, 0.1) is 0 Å². The number of aliphatic hydroxyl groups excluding tert-OH is 6. The molecule has 0 aliphatic carbocycles. The molecule has 384 valence electrons. The molecule has 1 rings (SSSR count). The third-order valence-corrected chi connectivity index (χ3v) is 13.4. The Labute approximate surface area is 399 Å². The number of amides is 1. The fourth-order valence-corrected chi connectivity index (χ4v) is 8.89. The van der Waals surface area contributed by atoms with Crippen molar-refractivity contribution in [2.24, 2.45) is 0 Å². The molecule has 0 aromatic carbocycles. The van der Waals surface area contributed by atoms with Crippen molar-refractivity contribution >= 4 is 5.91 Å². The second kappa shape index (κ2) is 45.1. The van der Waals surface area contributed by atoms with Crippen LogP contribution in [0.3, 0.4) is 0 Å². The van der Waals surface area contributed by atoms with Gasteiger partial charge in [0.05, 0.1) is 25.4 Å². The van der Waals surface area contributed by atoms with Gasteiger partial charge in [-0.05, 0) is 32.1 Å². The van der Waals surface area contributed by atoms with E-state index < -0.39 is 61.5 Å². The van der Waals surface area contributed by atoms with E-state index in [0.29, 0.717) is 12.8 Å². The molecule has 10 nitrogen and oxygen atoms in total. The lowest BCUT2D eigenvalue weighted by Crippen LogP contribution is -2.60. The van der Waals surface area contributed by atoms with E-state index in [9.17, 15) is 35.4 Å². The second-order valence-corrected chi connectivity index (χ2v) is 19.5. The Morgan fingerprint density at radius 2 is 0.908 bits per heavy atom. The van der Waals surface area contributed by atoms with Crippen LogP contribution < -0.4 is 5.32 Å². The molecule has 1 aliphatic rings. The molecular weight excluding hydrogens is 819 g/mol. The maximum absolute atomic E-state index is 13.1. The molecule has 1 amide bonds. The van der Waals surface area contributed by atoms with Gasteiger partial charge in [0.25, 0.3) is 0 Å². The highest BCUT2D eigenvalue weighted by Crippen LogP contribution is 2.23. The highest BCUT2D eigenvalue weighted by molar-refractivity contribution is 5.80. The van der Waals surface area contributed by atoms with E-state index in [1.807, 2.05) is 6.08 Å². The number of nitrogens with one attached hydrogen (secondary N) is 1. The molecule has 65 heavy (non-hydrogen) atoms. The van der Waals surface area contributed by atoms with Gasteiger partial charge in [-0.3, -0.25) is 4.79 Å². The lowest BCUT2D eigenvalue weighted by molar-refractivity contribution is -0.302. The molecule has 0 aromatic heterocycles. The number of carbonyl (C=O) groups is 1. The van der Waals surface area contributed by atoms with Gasteiger partial charge in [0.15, 0.2) is 6.29 Å². The average molecular weight is 924 g/mol. The van der Waals surface area contributed by atoms with Gasteiger partial charge in [-0.2, -0.15) is 0 Å². The van der Waals surface area contributed by atoms with Gasteiger partial charge in [0.1, 0.15) is 30.5 Å². The summed E-state index contributed by atoms with van der Waals surface area (Å²) < 4.78 is 11.2. The number of unbranched alkanes of at least 4 members (excludes halogenated alkanes) is 34. The molecular formula is C55H105NO9. The predicted molar refractivity (Wildman–Crippen MR) is 269 cm³/mol. The van der Waals surface area contributed by atoms with Gasteiger partial charge in [0, 0.05) is 0 Å². The first kappa shape index (κ1) is 61.6. The summed E-state index contributed by atoms with van der Waals surface area (Å²) in [5.74, 6) is -0.622. The first-order valence-corrected chi connectivity index (χ1v) is 27.7. The first-order chi connectivity index (χ1) is 31.8. The second-order valence-electron chi connectivity index (χ2n) is 19.5. The van der Waals surface area contributed by atoms with Crippen LogP contribution in [0.15, 0.2) is 24.3 Å². The van der Waals surface area contributed by atoms with E-state index in [1.165, 1.54) is 193 Å². The molecule has 0 radical (unpaired) electrons. The molecule has 10 heteroatoms. The number of aliphatic hydroxyl groups is 6. The summed E-state index contributed by atoms with van der Waals surface area (Å²) in [6.07, 6.45) is 45.7. The van der Waals surface area contributed by atoms with E-state index in [1.54, 1.807) is 6.08 Å². The number of carbonyl (C=O) groups excluding carboxylic acids is 1. The van der Waals surface area contributed by atoms with Gasteiger partial charge in [-0.1, -0.05) is 250 Å².